The number of hydrogen-bond donors (Lipinski definition) is 0. The van der Waals surface area contributed by atoms with Crippen molar-refractivity contribution >= 4 is 15.6 Å². The molecule has 1 aliphatic heterocycles. The van der Waals surface area contributed by atoms with Gasteiger partial charge in [0.2, 0.25) is 0 Å². The third-order valence-corrected chi connectivity index (χ3v) is 5.67. The van der Waals surface area contributed by atoms with E-state index in [-0.39, 0.29) is 0 Å². The van der Waals surface area contributed by atoms with Crippen molar-refractivity contribution in [1.82, 2.24) is 4.31 Å². The molecule has 1 heterocycles. The maximum Gasteiger partial charge on any atom is 0.263 e. The second-order valence-electron chi connectivity index (χ2n) is 5.55. The summed E-state index contributed by atoms with van der Waals surface area (Å²) in [6.07, 6.45) is 3.53. The largest absolute Gasteiger partial charge is 0.273 e. The van der Waals surface area contributed by atoms with Gasteiger partial charge in [-0.05, 0) is 43.0 Å². The van der Waals surface area contributed by atoms with E-state index in [1.165, 1.54) is 4.31 Å². The van der Waals surface area contributed by atoms with Crippen LogP contribution in [0.1, 0.15) is 24.0 Å². The smallest absolute Gasteiger partial charge is 0.263 e. The molecule has 0 saturated carbocycles. The molecule has 3 rings (SSSR count). The summed E-state index contributed by atoms with van der Waals surface area (Å²) in [6.45, 7) is 2.48. The van der Waals surface area contributed by atoms with Crippen molar-refractivity contribution in [3.63, 3.8) is 0 Å². The van der Waals surface area contributed by atoms with Crippen molar-refractivity contribution in [1.29, 1.82) is 0 Å². The molecule has 2 aromatic rings. The van der Waals surface area contributed by atoms with Crippen molar-refractivity contribution < 1.29 is 8.42 Å². The monoisotopic (exact) mass is 313 g/mol. The average Bonchev–Trinajstić information content (AvgIpc) is 2.56. The molecule has 0 saturated heterocycles. The minimum atomic E-state index is -3.46. The Morgan fingerprint density at radius 2 is 1.64 bits per heavy atom. The first-order valence-corrected chi connectivity index (χ1v) is 8.86. The van der Waals surface area contributed by atoms with E-state index >= 15 is 0 Å². The van der Waals surface area contributed by atoms with Crippen LogP contribution in [0, 0.1) is 6.92 Å². The SMILES string of the molecule is Cc1ccc(S(=O)(=O)N2C=C(c3ccccc3)CCC2)cc1. The number of sulfonamides is 1. The molecule has 4 heteroatoms. The van der Waals surface area contributed by atoms with Crippen molar-refractivity contribution in [2.75, 3.05) is 6.54 Å². The van der Waals surface area contributed by atoms with Gasteiger partial charge in [-0.2, -0.15) is 0 Å². The molecule has 1 aliphatic rings. The van der Waals surface area contributed by atoms with E-state index in [9.17, 15) is 8.42 Å². The average molecular weight is 313 g/mol. The normalized spacial score (nSPS) is 15.5. The standard InChI is InChI=1S/C18H19NO2S/c1-15-9-11-18(12-10-15)22(20,21)19-13-5-8-17(14-19)16-6-3-2-4-7-16/h2-4,6-7,9-12,14H,5,8,13H2,1H3. The quantitative estimate of drug-likeness (QED) is 0.864. The van der Waals surface area contributed by atoms with Crippen LogP contribution in [0.5, 0.6) is 0 Å². The number of allylic oxidation sites excluding steroid dienone is 1. The third kappa shape index (κ3) is 2.92. The molecule has 114 valence electrons. The predicted octanol–water partition coefficient (Wildman–Crippen LogP) is 3.82. The number of rotatable bonds is 3. The maximum absolute atomic E-state index is 12.8. The highest BCUT2D eigenvalue weighted by Gasteiger charge is 2.24. The zero-order valence-electron chi connectivity index (χ0n) is 12.6. The molecule has 0 amide bonds. The Bertz CT molecular complexity index is 778. The van der Waals surface area contributed by atoms with Crippen LogP contribution < -0.4 is 0 Å². The second-order valence-corrected chi connectivity index (χ2v) is 7.44. The lowest BCUT2D eigenvalue weighted by Crippen LogP contribution is -2.29. The lowest BCUT2D eigenvalue weighted by Gasteiger charge is -2.26. The zero-order chi connectivity index (χ0) is 15.6. The number of benzene rings is 2. The second kappa shape index (κ2) is 5.97. The van der Waals surface area contributed by atoms with E-state index in [1.807, 2.05) is 49.4 Å². The van der Waals surface area contributed by atoms with E-state index in [0.717, 1.165) is 29.5 Å². The summed E-state index contributed by atoms with van der Waals surface area (Å²) in [5, 5.41) is 0. The van der Waals surface area contributed by atoms with E-state index in [1.54, 1.807) is 18.3 Å². The van der Waals surface area contributed by atoms with Gasteiger partial charge < -0.3 is 0 Å². The van der Waals surface area contributed by atoms with Gasteiger partial charge in [0.25, 0.3) is 10.0 Å². The Balaban J connectivity index is 1.95. The minimum Gasteiger partial charge on any atom is -0.273 e. The summed E-state index contributed by atoms with van der Waals surface area (Å²) < 4.78 is 27.0. The molecule has 0 aromatic heterocycles. The molecule has 3 nitrogen and oxygen atoms in total. The summed E-state index contributed by atoms with van der Waals surface area (Å²) in [4.78, 5) is 0.351. The van der Waals surface area contributed by atoms with Gasteiger partial charge in [-0.1, -0.05) is 48.0 Å². The molecular weight excluding hydrogens is 294 g/mol. The van der Waals surface area contributed by atoms with Crippen LogP contribution in [0.2, 0.25) is 0 Å². The molecule has 0 spiro atoms. The van der Waals surface area contributed by atoms with Gasteiger partial charge in [0.15, 0.2) is 0 Å². The summed E-state index contributed by atoms with van der Waals surface area (Å²) in [7, 11) is -3.46. The number of nitrogens with zero attached hydrogens (tertiary/aromatic N) is 1. The molecule has 2 aromatic carbocycles. The minimum absolute atomic E-state index is 0.351. The molecule has 0 N–H and O–H groups in total. The van der Waals surface area contributed by atoms with Gasteiger partial charge in [0.1, 0.15) is 0 Å². The summed E-state index contributed by atoms with van der Waals surface area (Å²) in [6, 6.07) is 17.0. The first-order valence-electron chi connectivity index (χ1n) is 7.42. The van der Waals surface area contributed by atoms with E-state index in [4.69, 9.17) is 0 Å². The molecule has 0 fully saturated rings. The first-order chi connectivity index (χ1) is 10.6. The van der Waals surface area contributed by atoms with E-state index in [0.29, 0.717) is 11.4 Å². The number of aryl methyl sites for hydroxylation is 1. The molecular formula is C18H19NO2S. The highest BCUT2D eigenvalue weighted by Crippen LogP contribution is 2.28. The maximum atomic E-state index is 12.8. The molecule has 0 bridgehead atoms. The molecule has 0 radical (unpaired) electrons. The van der Waals surface area contributed by atoms with Gasteiger partial charge in [0.05, 0.1) is 4.90 Å². The Morgan fingerprint density at radius 3 is 2.32 bits per heavy atom. The summed E-state index contributed by atoms with van der Waals surface area (Å²) in [5.41, 5.74) is 3.21. The van der Waals surface area contributed by atoms with E-state index in [2.05, 4.69) is 0 Å². The van der Waals surface area contributed by atoms with Crippen LogP contribution in [0.4, 0.5) is 0 Å². The topological polar surface area (TPSA) is 37.4 Å². The Labute approximate surface area is 132 Å². The van der Waals surface area contributed by atoms with Crippen molar-refractivity contribution in [3.05, 3.63) is 71.9 Å². The van der Waals surface area contributed by atoms with Gasteiger partial charge in [-0.3, -0.25) is 4.31 Å². The van der Waals surface area contributed by atoms with Crippen LogP contribution in [0.15, 0.2) is 65.7 Å². The Hall–Kier alpha value is -2.07. The fraction of sp³-hybridized carbons (Fsp3) is 0.222. The summed E-state index contributed by atoms with van der Waals surface area (Å²) in [5.74, 6) is 0. The fourth-order valence-corrected chi connectivity index (χ4v) is 4.02. The van der Waals surface area contributed by atoms with Crippen molar-refractivity contribution in [2.45, 2.75) is 24.7 Å². The lowest BCUT2D eigenvalue weighted by atomic mass is 10.0. The Morgan fingerprint density at radius 1 is 0.955 bits per heavy atom. The van der Waals surface area contributed by atoms with Gasteiger partial charge in [0, 0.05) is 12.7 Å². The van der Waals surface area contributed by atoms with Crippen LogP contribution >= 0.6 is 0 Å². The highest BCUT2D eigenvalue weighted by atomic mass is 32.2. The van der Waals surface area contributed by atoms with Crippen molar-refractivity contribution in [3.8, 4) is 0 Å². The molecule has 0 aliphatic carbocycles. The molecule has 22 heavy (non-hydrogen) atoms. The predicted molar refractivity (Wildman–Crippen MR) is 88.7 cm³/mol. The third-order valence-electron chi connectivity index (χ3n) is 3.90. The van der Waals surface area contributed by atoms with Crippen LogP contribution in [0.25, 0.3) is 5.57 Å². The lowest BCUT2D eigenvalue weighted by molar-refractivity contribution is 0.480. The van der Waals surface area contributed by atoms with Crippen LogP contribution in [0.3, 0.4) is 0 Å². The van der Waals surface area contributed by atoms with Crippen LogP contribution in [-0.2, 0) is 10.0 Å². The molecule has 0 atom stereocenters. The van der Waals surface area contributed by atoms with Gasteiger partial charge >= 0.3 is 0 Å². The molecule has 0 unspecified atom stereocenters. The van der Waals surface area contributed by atoms with Gasteiger partial charge in [-0.25, -0.2) is 8.42 Å². The number of hydrogen-bond acceptors (Lipinski definition) is 2. The Kier molecular flexibility index (Phi) is 4.03. The van der Waals surface area contributed by atoms with Crippen LogP contribution in [-0.4, -0.2) is 19.3 Å². The fourth-order valence-electron chi connectivity index (χ4n) is 2.63. The van der Waals surface area contributed by atoms with E-state index < -0.39 is 10.0 Å². The van der Waals surface area contributed by atoms with Crippen molar-refractivity contribution in [2.24, 2.45) is 0 Å². The summed E-state index contributed by atoms with van der Waals surface area (Å²) >= 11 is 0. The van der Waals surface area contributed by atoms with Gasteiger partial charge in [-0.15, -0.1) is 0 Å². The first kappa shape index (κ1) is 14.9. The zero-order valence-corrected chi connectivity index (χ0v) is 13.4. The highest BCUT2D eigenvalue weighted by molar-refractivity contribution is 7.89.